The fourth-order valence-corrected chi connectivity index (χ4v) is 1.37. The van der Waals surface area contributed by atoms with Crippen LogP contribution in [-0.2, 0) is 11.2 Å². The van der Waals surface area contributed by atoms with Crippen molar-refractivity contribution in [3.8, 4) is 5.75 Å². The van der Waals surface area contributed by atoms with Crippen molar-refractivity contribution in [3.05, 3.63) is 54.6 Å². The molecule has 104 valence electrons. The number of aryl methyl sites for hydroxylation is 1. The highest BCUT2D eigenvalue weighted by atomic mass is 16.3. The van der Waals surface area contributed by atoms with Crippen LogP contribution in [0, 0.1) is 0 Å². The van der Waals surface area contributed by atoms with Crippen molar-refractivity contribution in [1.82, 2.24) is 4.90 Å². The number of allylic oxidation sites excluding steroid dienone is 1. The van der Waals surface area contributed by atoms with Crippen molar-refractivity contribution in [2.24, 2.45) is 0 Å². The Labute approximate surface area is 115 Å². The lowest BCUT2D eigenvalue weighted by molar-refractivity contribution is -0.105. The Morgan fingerprint density at radius 2 is 1.89 bits per heavy atom. The third kappa shape index (κ3) is 9.80. The van der Waals surface area contributed by atoms with Crippen LogP contribution in [0.15, 0.2) is 49.1 Å². The molecule has 1 aromatic carbocycles. The van der Waals surface area contributed by atoms with Crippen LogP contribution >= 0.6 is 0 Å². The highest BCUT2D eigenvalue weighted by Crippen LogP contribution is 2.10. The van der Waals surface area contributed by atoms with Gasteiger partial charge >= 0.3 is 0 Å². The molecule has 1 N–H and O–H groups in total. The van der Waals surface area contributed by atoms with E-state index in [1.54, 1.807) is 12.1 Å². The predicted molar refractivity (Wildman–Crippen MR) is 80.4 cm³/mol. The minimum Gasteiger partial charge on any atom is -0.508 e. The lowest BCUT2D eigenvalue weighted by Gasteiger charge is -2.05. The number of aldehydes is 1. The van der Waals surface area contributed by atoms with E-state index in [0.29, 0.717) is 17.9 Å². The predicted octanol–water partition coefficient (Wildman–Crippen LogP) is 2.81. The van der Waals surface area contributed by atoms with Gasteiger partial charge in [-0.3, -0.25) is 4.79 Å². The fourth-order valence-electron chi connectivity index (χ4n) is 1.37. The van der Waals surface area contributed by atoms with Crippen LogP contribution in [0.3, 0.4) is 0 Å². The molecule has 3 heteroatoms. The maximum absolute atomic E-state index is 9.91. The number of hydrogen-bond donors (Lipinski definition) is 1. The number of hydrogen-bond acceptors (Lipinski definition) is 3. The van der Waals surface area contributed by atoms with Crippen molar-refractivity contribution >= 4 is 6.29 Å². The largest absolute Gasteiger partial charge is 0.508 e. The topological polar surface area (TPSA) is 40.5 Å². The zero-order chi connectivity index (χ0) is 14.7. The standard InChI is InChI=1S/C10H12O.C6H11NO/c1-2-3-4-9-5-7-10(11)8-6-9;1-6(5-8)4-7(2)3/h2,5-8,11H,1,3-4H2;5H,1,4H2,2-3H3. The molecule has 0 aromatic heterocycles. The first-order valence-electron chi connectivity index (χ1n) is 6.16. The van der Waals surface area contributed by atoms with E-state index in [0.717, 1.165) is 19.1 Å². The van der Waals surface area contributed by atoms with Crippen LogP contribution in [0.25, 0.3) is 0 Å². The summed E-state index contributed by atoms with van der Waals surface area (Å²) in [6.45, 7) is 7.80. The molecule has 0 atom stereocenters. The maximum atomic E-state index is 9.91. The number of phenols is 1. The summed E-state index contributed by atoms with van der Waals surface area (Å²) in [5.74, 6) is 0.326. The Morgan fingerprint density at radius 3 is 2.26 bits per heavy atom. The average molecular weight is 261 g/mol. The van der Waals surface area contributed by atoms with E-state index < -0.39 is 0 Å². The lowest BCUT2D eigenvalue weighted by atomic mass is 10.1. The molecular weight excluding hydrogens is 238 g/mol. The molecule has 0 fully saturated rings. The van der Waals surface area contributed by atoms with E-state index in [9.17, 15) is 4.79 Å². The number of likely N-dealkylation sites (N-methyl/N-ethyl adjacent to an activating group) is 1. The fraction of sp³-hybridized carbons (Fsp3) is 0.312. The van der Waals surface area contributed by atoms with Gasteiger partial charge in [0.25, 0.3) is 0 Å². The normalized spacial score (nSPS) is 9.42. The number of nitrogens with zero attached hydrogens (tertiary/aromatic N) is 1. The molecule has 0 amide bonds. The third-order valence-electron chi connectivity index (χ3n) is 2.26. The monoisotopic (exact) mass is 261 g/mol. The first-order chi connectivity index (χ1) is 8.99. The molecule has 0 heterocycles. The molecule has 0 bridgehead atoms. The Hall–Kier alpha value is -1.87. The molecule has 1 rings (SSSR count). The molecule has 0 spiro atoms. The van der Waals surface area contributed by atoms with E-state index >= 15 is 0 Å². The Balaban J connectivity index is 0.000000362. The number of carbonyl (C=O) groups is 1. The zero-order valence-electron chi connectivity index (χ0n) is 11.8. The molecule has 0 radical (unpaired) electrons. The molecule has 0 aliphatic heterocycles. The number of benzene rings is 1. The summed E-state index contributed by atoms with van der Waals surface area (Å²) in [4.78, 5) is 11.8. The molecule has 0 aliphatic rings. The second-order valence-electron chi connectivity index (χ2n) is 4.51. The van der Waals surface area contributed by atoms with Crippen LogP contribution in [0.1, 0.15) is 12.0 Å². The van der Waals surface area contributed by atoms with Crippen LogP contribution in [0.4, 0.5) is 0 Å². The first-order valence-corrected chi connectivity index (χ1v) is 6.16. The smallest absolute Gasteiger partial charge is 0.146 e. The second kappa shape index (κ2) is 10.1. The summed E-state index contributed by atoms with van der Waals surface area (Å²) >= 11 is 0. The van der Waals surface area contributed by atoms with E-state index in [-0.39, 0.29) is 0 Å². The minimum absolute atomic E-state index is 0.326. The van der Waals surface area contributed by atoms with Gasteiger partial charge < -0.3 is 10.0 Å². The molecule has 1 aromatic rings. The van der Waals surface area contributed by atoms with Crippen LogP contribution in [-0.4, -0.2) is 36.9 Å². The molecule has 0 aliphatic carbocycles. The van der Waals surface area contributed by atoms with Gasteiger partial charge in [0.15, 0.2) is 0 Å². The molecule has 19 heavy (non-hydrogen) atoms. The van der Waals surface area contributed by atoms with Crippen molar-refractivity contribution in [1.29, 1.82) is 0 Å². The summed E-state index contributed by atoms with van der Waals surface area (Å²) in [7, 11) is 3.80. The summed E-state index contributed by atoms with van der Waals surface area (Å²) in [6.07, 6.45) is 4.67. The summed E-state index contributed by atoms with van der Waals surface area (Å²) in [6, 6.07) is 7.27. The molecule has 0 unspecified atom stereocenters. The average Bonchev–Trinajstić information content (AvgIpc) is 2.38. The number of aromatic hydroxyl groups is 1. The van der Waals surface area contributed by atoms with E-state index in [2.05, 4.69) is 13.2 Å². The number of phenolic OH excluding ortho intramolecular Hbond substituents is 1. The van der Waals surface area contributed by atoms with Gasteiger partial charge in [0, 0.05) is 6.54 Å². The van der Waals surface area contributed by atoms with Crippen LogP contribution in [0.5, 0.6) is 5.75 Å². The lowest BCUT2D eigenvalue weighted by Crippen LogP contribution is -2.14. The van der Waals surface area contributed by atoms with Crippen molar-refractivity contribution < 1.29 is 9.90 Å². The van der Waals surface area contributed by atoms with Gasteiger partial charge in [-0.05, 0) is 50.2 Å². The molecule has 3 nitrogen and oxygen atoms in total. The molecule has 0 saturated carbocycles. The van der Waals surface area contributed by atoms with Crippen molar-refractivity contribution in [2.45, 2.75) is 12.8 Å². The Morgan fingerprint density at radius 1 is 1.32 bits per heavy atom. The van der Waals surface area contributed by atoms with E-state index in [1.807, 2.05) is 37.2 Å². The molecule has 0 saturated heterocycles. The van der Waals surface area contributed by atoms with Gasteiger partial charge in [0.1, 0.15) is 12.0 Å². The highest BCUT2D eigenvalue weighted by molar-refractivity contribution is 5.72. The van der Waals surface area contributed by atoms with Crippen molar-refractivity contribution in [3.63, 3.8) is 0 Å². The van der Waals surface area contributed by atoms with Gasteiger partial charge in [0.05, 0.1) is 0 Å². The first kappa shape index (κ1) is 17.1. The van der Waals surface area contributed by atoms with E-state index in [4.69, 9.17) is 5.11 Å². The SMILES string of the molecule is C=C(C=O)CN(C)C.C=CCCc1ccc(O)cc1. The number of rotatable bonds is 6. The zero-order valence-corrected chi connectivity index (χ0v) is 11.8. The van der Waals surface area contributed by atoms with Crippen LogP contribution < -0.4 is 0 Å². The van der Waals surface area contributed by atoms with Crippen molar-refractivity contribution in [2.75, 3.05) is 20.6 Å². The maximum Gasteiger partial charge on any atom is 0.146 e. The molecular formula is C16H23NO2. The Bertz CT molecular complexity index is 394. The minimum atomic E-state index is 0.326. The van der Waals surface area contributed by atoms with Gasteiger partial charge in [-0.25, -0.2) is 0 Å². The summed E-state index contributed by atoms with van der Waals surface area (Å²) < 4.78 is 0. The number of carbonyl (C=O) groups excluding carboxylic acids is 1. The van der Waals surface area contributed by atoms with Gasteiger partial charge in [-0.2, -0.15) is 0 Å². The second-order valence-corrected chi connectivity index (χ2v) is 4.51. The van der Waals surface area contributed by atoms with Crippen LogP contribution in [0.2, 0.25) is 0 Å². The van der Waals surface area contributed by atoms with Gasteiger partial charge in [-0.15, -0.1) is 6.58 Å². The third-order valence-corrected chi connectivity index (χ3v) is 2.26. The quantitative estimate of drug-likeness (QED) is 0.486. The summed E-state index contributed by atoms with van der Waals surface area (Å²) in [5, 5.41) is 8.96. The van der Waals surface area contributed by atoms with Gasteiger partial charge in [-0.1, -0.05) is 24.8 Å². The Kier molecular flexibility index (Phi) is 9.10. The summed E-state index contributed by atoms with van der Waals surface area (Å²) in [5.41, 5.74) is 1.86. The highest BCUT2D eigenvalue weighted by Gasteiger charge is 1.91. The van der Waals surface area contributed by atoms with E-state index in [1.165, 1.54) is 5.56 Å². The van der Waals surface area contributed by atoms with Gasteiger partial charge in [0.2, 0.25) is 0 Å².